The van der Waals surface area contributed by atoms with E-state index in [1.165, 1.54) is 21.8 Å². The molecule has 1 aliphatic heterocycles. The number of fused-ring (bicyclic) bond motifs is 1. The number of nitrogens with two attached hydrogens (primary N) is 2. The van der Waals surface area contributed by atoms with Gasteiger partial charge in [-0.1, -0.05) is 48.5 Å². The van der Waals surface area contributed by atoms with E-state index in [4.69, 9.17) is 17.0 Å². The topological polar surface area (TPSA) is 135 Å². The predicted molar refractivity (Wildman–Crippen MR) is 173 cm³/mol. The molecule has 9 nitrogen and oxygen atoms in total. The number of carboxylic acid groups (broad SMARTS) is 1. The Hall–Kier alpha value is -4.60. The molecule has 1 saturated carbocycles. The van der Waals surface area contributed by atoms with E-state index in [0.29, 0.717) is 17.8 Å². The molecule has 0 saturated heterocycles. The average Bonchev–Trinajstić information content (AvgIpc) is 3.81. The highest BCUT2D eigenvalue weighted by Crippen LogP contribution is 2.48. The fourth-order valence-corrected chi connectivity index (χ4v) is 5.99. The highest BCUT2D eigenvalue weighted by atomic mass is 16.4. The van der Waals surface area contributed by atoms with E-state index >= 15 is 0 Å². The molecule has 0 aromatic heterocycles. The van der Waals surface area contributed by atoms with Crippen LogP contribution in [0.1, 0.15) is 24.5 Å². The van der Waals surface area contributed by atoms with Gasteiger partial charge in [0.25, 0.3) is 0 Å². The van der Waals surface area contributed by atoms with Crippen LogP contribution in [0.25, 0.3) is 11.1 Å². The lowest BCUT2D eigenvalue weighted by atomic mass is 10.0. The highest BCUT2D eigenvalue weighted by molar-refractivity contribution is 6.09. The van der Waals surface area contributed by atoms with Crippen molar-refractivity contribution in [1.29, 1.82) is 5.41 Å². The highest BCUT2D eigenvalue weighted by Gasteiger charge is 2.44. The Kier molecular flexibility index (Phi) is 9.13. The zero-order chi connectivity index (χ0) is 30.5. The van der Waals surface area contributed by atoms with E-state index < -0.39 is 5.97 Å². The molecule has 3 aromatic rings. The summed E-state index contributed by atoms with van der Waals surface area (Å²) in [6.07, 6.45) is 3.22. The minimum absolute atomic E-state index is 0.0435. The SMILES string of the molecule is CCN1CCN(Cc2cccc(-c3cccc(N/C(=C(\C=N)C(=O)O)[C@@H]4CC4/C(N)=C/N(C)N)c3)c2)Cc2ccccc21. The summed E-state index contributed by atoms with van der Waals surface area (Å²) in [5.74, 6) is 4.39. The minimum atomic E-state index is -1.15. The second-order valence-electron chi connectivity index (χ2n) is 11.3. The van der Waals surface area contributed by atoms with Crippen molar-refractivity contribution >= 4 is 23.6 Å². The van der Waals surface area contributed by atoms with Crippen molar-refractivity contribution in [3.05, 3.63) is 107 Å². The standard InChI is InChI=1S/C34H41N7O2/c1-3-41-15-14-40(21-26-9-4-5-13-32(26)41)20-23-8-6-10-24(16-23)25-11-7-12-27(17-25)38-33(30(19-35)34(42)43)29-18-28(29)31(36)22-39(2)37/h4-13,16-17,19,22,28-29,35,38H,3,14-15,18,20-21,36-37H2,1-2H3,(H,42,43)/b31-22-,33-30+,35-19?/t28?,29-/m1/s1. The van der Waals surface area contributed by atoms with Crippen LogP contribution in [0.15, 0.2) is 96.0 Å². The predicted octanol–water partition coefficient (Wildman–Crippen LogP) is 4.84. The van der Waals surface area contributed by atoms with Gasteiger partial charge in [0.05, 0.1) is 5.57 Å². The summed E-state index contributed by atoms with van der Waals surface area (Å²) < 4.78 is 0. The van der Waals surface area contributed by atoms with E-state index in [9.17, 15) is 9.90 Å². The summed E-state index contributed by atoms with van der Waals surface area (Å²) in [4.78, 5) is 17.0. The van der Waals surface area contributed by atoms with Gasteiger partial charge in [0.15, 0.2) is 0 Å². The Morgan fingerprint density at radius 3 is 2.53 bits per heavy atom. The third-order valence-electron chi connectivity index (χ3n) is 8.21. The number of aliphatic carboxylic acids is 1. The lowest BCUT2D eigenvalue weighted by Crippen LogP contribution is -2.31. The van der Waals surface area contributed by atoms with Gasteiger partial charge in [0.1, 0.15) is 0 Å². The first-order valence-electron chi connectivity index (χ1n) is 14.7. The monoisotopic (exact) mass is 579 g/mol. The fourth-order valence-electron chi connectivity index (χ4n) is 5.99. The Morgan fingerprint density at radius 2 is 1.81 bits per heavy atom. The van der Waals surface area contributed by atoms with Crippen LogP contribution < -0.4 is 21.8 Å². The van der Waals surface area contributed by atoms with Crippen molar-refractivity contribution in [2.45, 2.75) is 26.4 Å². The van der Waals surface area contributed by atoms with Crippen molar-refractivity contribution in [2.75, 3.05) is 36.9 Å². The number of rotatable bonds is 11. The largest absolute Gasteiger partial charge is 0.478 e. The summed E-state index contributed by atoms with van der Waals surface area (Å²) in [6.45, 7) is 6.95. The van der Waals surface area contributed by atoms with Gasteiger partial charge in [-0.15, -0.1) is 0 Å². The van der Waals surface area contributed by atoms with Gasteiger partial charge in [-0.3, -0.25) is 4.90 Å². The van der Waals surface area contributed by atoms with Gasteiger partial charge in [0.2, 0.25) is 0 Å². The number of benzene rings is 3. The first kappa shape index (κ1) is 29.9. The Bertz CT molecular complexity index is 1550. The van der Waals surface area contributed by atoms with Gasteiger partial charge < -0.3 is 31.5 Å². The number of nitrogens with zero attached hydrogens (tertiary/aromatic N) is 3. The van der Waals surface area contributed by atoms with Crippen molar-refractivity contribution < 1.29 is 9.90 Å². The molecule has 0 spiro atoms. The number of allylic oxidation sites excluding steroid dienone is 2. The molecule has 1 aliphatic carbocycles. The average molecular weight is 580 g/mol. The van der Waals surface area contributed by atoms with E-state index in [2.05, 4.69) is 76.6 Å². The van der Waals surface area contributed by atoms with Crippen molar-refractivity contribution in [3.63, 3.8) is 0 Å². The molecule has 1 heterocycles. The lowest BCUT2D eigenvalue weighted by molar-refractivity contribution is -0.132. The van der Waals surface area contributed by atoms with Crippen LogP contribution >= 0.6 is 0 Å². The van der Waals surface area contributed by atoms with Crippen LogP contribution in [-0.4, -0.2) is 53.9 Å². The maximum atomic E-state index is 12.0. The van der Waals surface area contributed by atoms with Crippen molar-refractivity contribution in [1.82, 2.24) is 9.91 Å². The first-order valence-corrected chi connectivity index (χ1v) is 14.7. The summed E-state index contributed by atoms with van der Waals surface area (Å²) in [5.41, 5.74) is 14.0. The van der Waals surface area contributed by atoms with Crippen LogP contribution in [0.3, 0.4) is 0 Å². The van der Waals surface area contributed by atoms with Gasteiger partial charge in [-0.05, 0) is 59.9 Å². The summed E-state index contributed by atoms with van der Waals surface area (Å²) >= 11 is 0. The Labute approximate surface area is 253 Å². The van der Waals surface area contributed by atoms with Gasteiger partial charge in [-0.2, -0.15) is 0 Å². The zero-order valence-corrected chi connectivity index (χ0v) is 24.8. The van der Waals surface area contributed by atoms with Gasteiger partial charge in [0, 0.05) is 86.8 Å². The Morgan fingerprint density at radius 1 is 1.07 bits per heavy atom. The second kappa shape index (κ2) is 13.1. The number of carboxylic acids is 1. The molecule has 2 atom stereocenters. The maximum absolute atomic E-state index is 12.0. The molecule has 3 aromatic carbocycles. The first-order chi connectivity index (χ1) is 20.8. The second-order valence-corrected chi connectivity index (χ2v) is 11.3. The van der Waals surface area contributed by atoms with E-state index in [1.807, 2.05) is 18.2 Å². The van der Waals surface area contributed by atoms with Crippen LogP contribution in [0.4, 0.5) is 11.4 Å². The lowest BCUT2D eigenvalue weighted by Gasteiger charge is -2.23. The van der Waals surface area contributed by atoms with Crippen LogP contribution in [0.2, 0.25) is 0 Å². The normalized spacial score (nSPS) is 19.1. The van der Waals surface area contributed by atoms with Crippen LogP contribution in [0.5, 0.6) is 0 Å². The molecule has 5 rings (SSSR count). The van der Waals surface area contributed by atoms with Crippen LogP contribution in [-0.2, 0) is 17.9 Å². The molecule has 0 radical (unpaired) electrons. The molecule has 7 N–H and O–H groups in total. The molecule has 1 unspecified atom stereocenters. The van der Waals surface area contributed by atoms with Crippen LogP contribution in [0, 0.1) is 17.2 Å². The number of hydrogen-bond acceptors (Lipinski definition) is 8. The van der Waals surface area contributed by atoms with E-state index in [0.717, 1.165) is 55.8 Å². The molecule has 0 bridgehead atoms. The molecule has 43 heavy (non-hydrogen) atoms. The molecular formula is C34H41N7O2. The molecule has 9 heteroatoms. The zero-order valence-electron chi connectivity index (χ0n) is 24.8. The number of para-hydroxylation sites is 1. The quantitative estimate of drug-likeness (QED) is 0.0943. The van der Waals surface area contributed by atoms with Gasteiger partial charge >= 0.3 is 5.97 Å². The minimum Gasteiger partial charge on any atom is -0.478 e. The third kappa shape index (κ3) is 7.07. The molecule has 2 aliphatic rings. The van der Waals surface area contributed by atoms with Crippen molar-refractivity contribution in [3.8, 4) is 11.1 Å². The Balaban J connectivity index is 1.35. The molecule has 0 amide bonds. The number of nitrogens with one attached hydrogen (secondary N) is 2. The molecule has 1 fully saturated rings. The van der Waals surface area contributed by atoms with Gasteiger partial charge in [-0.25, -0.2) is 10.6 Å². The number of hydrazine groups is 1. The third-order valence-corrected chi connectivity index (χ3v) is 8.21. The van der Waals surface area contributed by atoms with Crippen molar-refractivity contribution in [2.24, 2.45) is 23.4 Å². The number of likely N-dealkylation sites (N-methyl/N-ethyl adjacent to an activating group) is 1. The smallest absolute Gasteiger partial charge is 0.339 e. The number of carbonyl (C=O) groups is 1. The fraction of sp³-hybridized carbons (Fsp3) is 0.294. The molecular weight excluding hydrogens is 538 g/mol. The number of anilines is 2. The summed E-state index contributed by atoms with van der Waals surface area (Å²) in [6, 6.07) is 25.2. The summed E-state index contributed by atoms with van der Waals surface area (Å²) in [7, 11) is 1.69. The summed E-state index contributed by atoms with van der Waals surface area (Å²) in [5, 5.41) is 22.4. The molecule has 224 valence electrons. The van der Waals surface area contributed by atoms with E-state index in [1.54, 1.807) is 13.2 Å². The number of hydrogen-bond donors (Lipinski definition) is 5. The maximum Gasteiger partial charge on any atom is 0.339 e. The van der Waals surface area contributed by atoms with E-state index in [-0.39, 0.29) is 17.4 Å².